The summed E-state index contributed by atoms with van der Waals surface area (Å²) in [5.74, 6) is 1.53. The van der Waals surface area contributed by atoms with Crippen molar-refractivity contribution in [1.29, 1.82) is 0 Å². The Morgan fingerprint density at radius 1 is 1.35 bits per heavy atom. The maximum absolute atomic E-state index is 6.09. The lowest BCUT2D eigenvalue weighted by atomic mass is 9.92. The number of hydrogen-bond donors (Lipinski definition) is 1. The minimum atomic E-state index is 0.736. The van der Waals surface area contributed by atoms with E-state index in [-0.39, 0.29) is 0 Å². The van der Waals surface area contributed by atoms with E-state index < -0.39 is 0 Å². The van der Waals surface area contributed by atoms with Crippen LogP contribution in [-0.4, -0.2) is 18.6 Å². The normalized spacial score (nSPS) is 25.1. The molecule has 4 heteroatoms. The van der Waals surface area contributed by atoms with Gasteiger partial charge in [0.25, 0.3) is 0 Å². The maximum Gasteiger partial charge on any atom is 0.120 e. The number of nitrogens with one attached hydrogen (secondary N) is 1. The molecule has 1 heterocycles. The van der Waals surface area contributed by atoms with Gasteiger partial charge >= 0.3 is 0 Å². The van der Waals surface area contributed by atoms with Gasteiger partial charge in [-0.05, 0) is 67.5 Å². The summed E-state index contributed by atoms with van der Waals surface area (Å²) in [6.07, 6.45) is 4.04. The quantitative estimate of drug-likeness (QED) is 0.911. The van der Waals surface area contributed by atoms with E-state index in [0.717, 1.165) is 28.9 Å². The molecule has 2 aromatic rings. The van der Waals surface area contributed by atoms with E-state index in [2.05, 4.69) is 5.32 Å². The summed E-state index contributed by atoms with van der Waals surface area (Å²) < 4.78 is 1.20. The van der Waals surface area contributed by atoms with Crippen molar-refractivity contribution in [3.05, 3.63) is 33.8 Å². The SMILES string of the molecule is CNCC1=C(c2nc3ccc(Cl)cc3s2)C2CCC1C2. The van der Waals surface area contributed by atoms with Crippen molar-refractivity contribution in [3.8, 4) is 0 Å². The Balaban J connectivity index is 1.84. The fraction of sp³-hybridized carbons (Fsp3) is 0.438. The monoisotopic (exact) mass is 304 g/mol. The van der Waals surface area contributed by atoms with E-state index in [0.29, 0.717) is 0 Å². The summed E-state index contributed by atoms with van der Waals surface area (Å²) in [6.45, 7) is 1.01. The Hall–Kier alpha value is -0.900. The van der Waals surface area contributed by atoms with Crippen LogP contribution >= 0.6 is 22.9 Å². The molecule has 2 aliphatic rings. The summed E-state index contributed by atoms with van der Waals surface area (Å²) in [5.41, 5.74) is 4.22. The Labute approximate surface area is 127 Å². The first-order valence-corrected chi connectivity index (χ1v) is 8.39. The van der Waals surface area contributed by atoms with Crippen molar-refractivity contribution in [3.63, 3.8) is 0 Å². The topological polar surface area (TPSA) is 24.9 Å². The third-order valence-electron chi connectivity index (χ3n) is 4.63. The lowest BCUT2D eigenvalue weighted by Gasteiger charge is -2.18. The molecule has 0 aliphatic heterocycles. The third-order valence-corrected chi connectivity index (χ3v) is 5.91. The number of thiazole rings is 1. The number of halogens is 1. The van der Waals surface area contributed by atoms with Crippen molar-refractivity contribution in [2.24, 2.45) is 11.8 Å². The van der Waals surface area contributed by atoms with E-state index in [1.165, 1.54) is 34.5 Å². The zero-order valence-electron chi connectivity index (χ0n) is 11.4. The molecule has 0 radical (unpaired) electrons. The summed E-state index contributed by atoms with van der Waals surface area (Å²) in [5, 5.41) is 5.35. The Morgan fingerprint density at radius 3 is 3.05 bits per heavy atom. The van der Waals surface area contributed by atoms with Crippen LogP contribution in [0.5, 0.6) is 0 Å². The molecule has 2 bridgehead atoms. The van der Waals surface area contributed by atoms with Crippen LogP contribution < -0.4 is 5.32 Å². The molecule has 0 amide bonds. The van der Waals surface area contributed by atoms with Crippen molar-refractivity contribution < 1.29 is 0 Å². The van der Waals surface area contributed by atoms with Gasteiger partial charge in [-0.1, -0.05) is 11.6 Å². The number of fused-ring (bicyclic) bond motifs is 3. The molecule has 104 valence electrons. The Bertz CT molecular complexity index is 704. The Kier molecular flexibility index (Phi) is 3.09. The van der Waals surface area contributed by atoms with Crippen LogP contribution in [-0.2, 0) is 0 Å². The van der Waals surface area contributed by atoms with Crippen LogP contribution in [0.3, 0.4) is 0 Å². The van der Waals surface area contributed by atoms with E-state index in [4.69, 9.17) is 16.6 Å². The molecule has 20 heavy (non-hydrogen) atoms. The summed E-state index contributed by atoms with van der Waals surface area (Å²) in [7, 11) is 2.04. The molecule has 2 unspecified atom stereocenters. The smallest absolute Gasteiger partial charge is 0.120 e. The molecule has 0 spiro atoms. The van der Waals surface area contributed by atoms with Crippen molar-refractivity contribution in [2.45, 2.75) is 19.3 Å². The highest BCUT2D eigenvalue weighted by atomic mass is 35.5. The average molecular weight is 305 g/mol. The third kappa shape index (κ3) is 1.92. The number of rotatable bonds is 3. The van der Waals surface area contributed by atoms with E-state index in [9.17, 15) is 0 Å². The lowest BCUT2D eigenvalue weighted by Crippen LogP contribution is -2.16. The van der Waals surface area contributed by atoms with Crippen LogP contribution in [0.4, 0.5) is 0 Å². The molecule has 1 saturated carbocycles. The van der Waals surface area contributed by atoms with Gasteiger partial charge in [0.2, 0.25) is 0 Å². The second-order valence-electron chi connectivity index (χ2n) is 5.81. The van der Waals surface area contributed by atoms with Gasteiger partial charge in [-0.25, -0.2) is 4.98 Å². The minimum absolute atomic E-state index is 0.736. The highest BCUT2D eigenvalue weighted by Crippen LogP contribution is 2.53. The molecular formula is C16H17ClN2S. The summed E-state index contributed by atoms with van der Waals surface area (Å²) >= 11 is 7.88. The largest absolute Gasteiger partial charge is 0.316 e. The van der Waals surface area contributed by atoms with Gasteiger partial charge in [0.05, 0.1) is 10.2 Å². The van der Waals surface area contributed by atoms with Crippen LogP contribution in [0.1, 0.15) is 24.3 Å². The fourth-order valence-corrected chi connectivity index (χ4v) is 5.20. The van der Waals surface area contributed by atoms with Crippen molar-refractivity contribution in [1.82, 2.24) is 10.3 Å². The first kappa shape index (κ1) is 12.8. The zero-order chi connectivity index (χ0) is 13.7. The van der Waals surface area contributed by atoms with Crippen molar-refractivity contribution in [2.75, 3.05) is 13.6 Å². The number of likely N-dealkylation sites (N-methyl/N-ethyl adjacent to an activating group) is 1. The number of nitrogens with zero attached hydrogens (tertiary/aromatic N) is 1. The lowest BCUT2D eigenvalue weighted by molar-refractivity contribution is 0.627. The predicted octanol–water partition coefficient (Wildman–Crippen LogP) is 4.35. The highest BCUT2D eigenvalue weighted by Gasteiger charge is 2.40. The molecule has 1 N–H and O–H groups in total. The second kappa shape index (κ2) is 4.83. The van der Waals surface area contributed by atoms with Crippen LogP contribution in [0.15, 0.2) is 23.8 Å². The number of allylic oxidation sites excluding steroid dienone is 1. The second-order valence-corrected chi connectivity index (χ2v) is 7.27. The number of benzene rings is 1. The highest BCUT2D eigenvalue weighted by molar-refractivity contribution is 7.19. The first-order valence-electron chi connectivity index (χ1n) is 7.20. The standard InChI is InChI=1S/C16H17ClN2S/c1-18-8-12-9-2-3-10(6-9)15(12)16-19-13-5-4-11(17)7-14(13)20-16/h4-5,7,9-10,18H,2-3,6,8H2,1H3. The first-order chi connectivity index (χ1) is 9.76. The van der Waals surface area contributed by atoms with Crippen LogP contribution in [0.25, 0.3) is 15.8 Å². The van der Waals surface area contributed by atoms with E-state index in [1.807, 2.05) is 25.2 Å². The number of hydrogen-bond acceptors (Lipinski definition) is 3. The molecule has 2 aliphatic carbocycles. The van der Waals surface area contributed by atoms with Crippen molar-refractivity contribution >= 4 is 38.7 Å². The Morgan fingerprint density at radius 2 is 2.20 bits per heavy atom. The van der Waals surface area contributed by atoms with E-state index in [1.54, 1.807) is 16.9 Å². The molecule has 2 atom stereocenters. The van der Waals surface area contributed by atoms with Gasteiger partial charge in [-0.2, -0.15) is 0 Å². The predicted molar refractivity (Wildman–Crippen MR) is 86.3 cm³/mol. The molecule has 0 saturated heterocycles. The average Bonchev–Trinajstić information content (AvgIpc) is 3.11. The molecular weight excluding hydrogens is 288 g/mol. The van der Waals surface area contributed by atoms with Gasteiger partial charge in [-0.15, -0.1) is 11.3 Å². The minimum Gasteiger partial charge on any atom is -0.316 e. The number of aromatic nitrogens is 1. The van der Waals surface area contributed by atoms with Gasteiger partial charge in [0.15, 0.2) is 0 Å². The summed E-state index contributed by atoms with van der Waals surface area (Å²) in [6, 6.07) is 5.99. The molecule has 1 aromatic carbocycles. The van der Waals surface area contributed by atoms with E-state index >= 15 is 0 Å². The molecule has 4 rings (SSSR count). The fourth-order valence-electron chi connectivity index (χ4n) is 3.80. The maximum atomic E-state index is 6.09. The van der Waals surface area contributed by atoms with Crippen LogP contribution in [0, 0.1) is 11.8 Å². The van der Waals surface area contributed by atoms with Gasteiger partial charge < -0.3 is 5.32 Å². The van der Waals surface area contributed by atoms with Gasteiger partial charge in [-0.3, -0.25) is 0 Å². The zero-order valence-corrected chi connectivity index (χ0v) is 13.0. The van der Waals surface area contributed by atoms with Crippen LogP contribution in [0.2, 0.25) is 5.02 Å². The molecule has 2 nitrogen and oxygen atoms in total. The van der Waals surface area contributed by atoms with Gasteiger partial charge in [0.1, 0.15) is 5.01 Å². The summed E-state index contributed by atoms with van der Waals surface area (Å²) in [4.78, 5) is 4.86. The molecule has 1 fully saturated rings. The van der Waals surface area contributed by atoms with Gasteiger partial charge in [0, 0.05) is 11.6 Å². The molecule has 1 aromatic heterocycles.